The van der Waals surface area contributed by atoms with E-state index < -0.39 is 37.0 Å². The predicted octanol–water partition coefficient (Wildman–Crippen LogP) is 4.64. The molecule has 11 heteroatoms. The van der Waals surface area contributed by atoms with Crippen LogP contribution in [0.25, 0.3) is 16.9 Å². The lowest BCUT2D eigenvalue weighted by atomic mass is 10.0. The highest BCUT2D eigenvalue weighted by Gasteiger charge is 2.31. The molecule has 0 aliphatic carbocycles. The van der Waals surface area contributed by atoms with Crippen LogP contribution in [-0.2, 0) is 13.0 Å². The number of halogens is 6. The maximum atomic E-state index is 13.0. The van der Waals surface area contributed by atoms with Crippen LogP contribution >= 0.6 is 11.6 Å². The topological polar surface area (TPSA) is 52.7 Å². The molecule has 160 valence electrons. The summed E-state index contributed by atoms with van der Waals surface area (Å²) in [6.07, 6.45) is -2.59. The van der Waals surface area contributed by atoms with E-state index in [9.17, 15) is 26.7 Å². The molecule has 0 aromatic carbocycles. The summed E-state index contributed by atoms with van der Waals surface area (Å²) in [5.74, 6) is -0.695. The summed E-state index contributed by atoms with van der Waals surface area (Å²) in [7, 11) is 0. The van der Waals surface area contributed by atoms with Gasteiger partial charge >= 0.3 is 6.18 Å². The predicted molar refractivity (Wildman–Crippen MR) is 101 cm³/mol. The van der Waals surface area contributed by atoms with Crippen LogP contribution in [0, 0.1) is 5.92 Å². The number of imidazole rings is 1. The van der Waals surface area contributed by atoms with Gasteiger partial charge in [-0.15, -0.1) is 11.6 Å². The van der Waals surface area contributed by atoms with Crippen LogP contribution in [0.15, 0.2) is 29.3 Å². The largest absolute Gasteiger partial charge is 0.389 e. The van der Waals surface area contributed by atoms with Crippen molar-refractivity contribution < 1.29 is 22.0 Å². The first-order valence-electron chi connectivity index (χ1n) is 8.78. The molecule has 0 aliphatic rings. The minimum Gasteiger partial charge on any atom is -0.309 e. The molecule has 0 saturated heterocycles. The van der Waals surface area contributed by atoms with Crippen molar-refractivity contribution in [3.8, 4) is 0 Å². The molecule has 1 atom stereocenters. The molecule has 0 N–H and O–H groups in total. The molecule has 5 nitrogen and oxygen atoms in total. The zero-order valence-electron chi connectivity index (χ0n) is 15.8. The Kier molecular flexibility index (Phi) is 7.56. The van der Waals surface area contributed by atoms with Crippen LogP contribution in [0.1, 0.15) is 26.1 Å². The molecule has 2 heterocycles. The summed E-state index contributed by atoms with van der Waals surface area (Å²) in [4.78, 5) is 21.1. The summed E-state index contributed by atoms with van der Waals surface area (Å²) in [6, 6.07) is 0. The summed E-state index contributed by atoms with van der Waals surface area (Å²) < 4.78 is 66.1. The van der Waals surface area contributed by atoms with Crippen molar-refractivity contribution in [1.29, 1.82) is 0 Å². The highest BCUT2D eigenvalue weighted by molar-refractivity contribution is 6.19. The van der Waals surface area contributed by atoms with Gasteiger partial charge in [0.2, 0.25) is 0 Å². The molecule has 0 bridgehead atoms. The van der Waals surface area contributed by atoms with E-state index in [4.69, 9.17) is 11.6 Å². The Hall–Kier alpha value is -2.23. The van der Waals surface area contributed by atoms with Crippen molar-refractivity contribution in [2.75, 3.05) is 5.88 Å². The molecule has 0 aliphatic heterocycles. The minimum absolute atomic E-state index is 0.0302. The lowest BCUT2D eigenvalue weighted by Gasteiger charge is -2.18. The van der Waals surface area contributed by atoms with E-state index in [2.05, 4.69) is 9.97 Å². The average molecular weight is 439 g/mol. The third-order valence-corrected chi connectivity index (χ3v) is 4.26. The maximum Gasteiger partial charge on any atom is 0.389 e. The number of hydrogen-bond donors (Lipinski definition) is 0. The van der Waals surface area contributed by atoms with Crippen LogP contribution in [0.5, 0.6) is 0 Å². The monoisotopic (exact) mass is 438 g/mol. The van der Waals surface area contributed by atoms with Crippen LogP contribution in [-0.4, -0.2) is 37.6 Å². The van der Waals surface area contributed by atoms with Crippen molar-refractivity contribution in [3.63, 3.8) is 0 Å². The Bertz CT molecular complexity index is 962. The van der Waals surface area contributed by atoms with Gasteiger partial charge in [0, 0.05) is 24.4 Å². The number of hydrogen-bond acceptors (Lipinski definition) is 3. The van der Waals surface area contributed by atoms with Gasteiger partial charge in [-0.2, -0.15) is 13.2 Å². The summed E-state index contributed by atoms with van der Waals surface area (Å²) in [5.41, 5.74) is -0.527. The highest BCUT2D eigenvalue weighted by atomic mass is 35.5. The molecular formula is C18H20ClF5N4O. The molecule has 2 aromatic rings. The van der Waals surface area contributed by atoms with E-state index >= 15 is 0 Å². The number of alkyl halides is 6. The fourth-order valence-electron chi connectivity index (χ4n) is 2.97. The molecule has 2 rings (SSSR count). The van der Waals surface area contributed by atoms with Gasteiger partial charge in [-0.3, -0.25) is 9.36 Å². The summed E-state index contributed by atoms with van der Waals surface area (Å²) in [5, 5.41) is 0. The molecule has 29 heavy (non-hydrogen) atoms. The molecule has 0 saturated carbocycles. The molecule has 2 aromatic heterocycles. The second-order valence-electron chi connectivity index (χ2n) is 6.53. The van der Waals surface area contributed by atoms with Gasteiger partial charge in [-0.05, 0) is 18.9 Å². The third-order valence-electron chi connectivity index (χ3n) is 4.09. The fraction of sp³-hybridized carbons (Fsp3) is 0.500. The quantitative estimate of drug-likeness (QED) is 0.342. The van der Waals surface area contributed by atoms with Gasteiger partial charge in [0.05, 0.1) is 12.9 Å². The van der Waals surface area contributed by atoms with E-state index in [1.165, 1.54) is 13.0 Å². The van der Waals surface area contributed by atoms with Gasteiger partial charge < -0.3 is 4.57 Å². The van der Waals surface area contributed by atoms with E-state index in [0.717, 1.165) is 15.5 Å². The Morgan fingerprint density at radius 1 is 1.34 bits per heavy atom. The van der Waals surface area contributed by atoms with E-state index in [1.807, 2.05) is 0 Å². The fourth-order valence-corrected chi connectivity index (χ4v) is 3.06. The van der Waals surface area contributed by atoms with Crippen molar-refractivity contribution in [2.24, 2.45) is 5.92 Å². The molecule has 0 amide bonds. The second-order valence-corrected chi connectivity index (χ2v) is 6.84. The average Bonchev–Trinajstić information content (AvgIpc) is 2.98. The number of nitrogens with zero attached hydrogens (tertiary/aromatic N) is 4. The second kappa shape index (κ2) is 9.51. The van der Waals surface area contributed by atoms with Crippen LogP contribution in [0.2, 0.25) is 0 Å². The molecule has 0 fully saturated rings. The summed E-state index contributed by atoms with van der Waals surface area (Å²) in [6.45, 7) is 2.30. The van der Waals surface area contributed by atoms with E-state index in [0.29, 0.717) is 5.70 Å². The lowest BCUT2D eigenvalue weighted by molar-refractivity contribution is -0.143. The lowest BCUT2D eigenvalue weighted by Crippen LogP contribution is -2.27. The Balaban J connectivity index is 2.66. The minimum atomic E-state index is -4.38. The first kappa shape index (κ1) is 23.1. The number of fused-ring (bicyclic) bond motifs is 1. The summed E-state index contributed by atoms with van der Waals surface area (Å²) >= 11 is 5.64. The van der Waals surface area contributed by atoms with Crippen molar-refractivity contribution in [1.82, 2.24) is 19.1 Å². The zero-order valence-corrected chi connectivity index (χ0v) is 16.5. The first-order valence-corrected chi connectivity index (χ1v) is 9.31. The normalized spacial score (nSPS) is 14.4. The smallest absolute Gasteiger partial charge is 0.309 e. The van der Waals surface area contributed by atoms with E-state index in [1.54, 1.807) is 19.1 Å². The zero-order chi connectivity index (χ0) is 21.8. The van der Waals surface area contributed by atoms with Crippen molar-refractivity contribution >= 4 is 28.5 Å². The Labute approximate surface area is 168 Å². The van der Waals surface area contributed by atoms with Gasteiger partial charge in [0.25, 0.3) is 12.0 Å². The van der Waals surface area contributed by atoms with E-state index in [-0.39, 0.29) is 29.3 Å². The third kappa shape index (κ3) is 5.88. The van der Waals surface area contributed by atoms with Gasteiger partial charge in [-0.25, -0.2) is 18.7 Å². The SMILES string of the molecule is C/C=C(\C=C/CCl)n1c(CC(C)CC(F)(F)F)nc2c(ncn2CC(F)F)c1=O. The molecule has 0 spiro atoms. The molecule has 1 unspecified atom stereocenters. The van der Waals surface area contributed by atoms with Crippen molar-refractivity contribution in [2.45, 2.75) is 45.8 Å². The van der Waals surface area contributed by atoms with Gasteiger partial charge in [0.1, 0.15) is 5.82 Å². The van der Waals surface area contributed by atoms with Crippen LogP contribution in [0.4, 0.5) is 22.0 Å². The van der Waals surface area contributed by atoms with Gasteiger partial charge in [-0.1, -0.05) is 19.1 Å². The van der Waals surface area contributed by atoms with Gasteiger partial charge in [0.15, 0.2) is 11.2 Å². The number of allylic oxidation sites excluding steroid dienone is 4. The Morgan fingerprint density at radius 2 is 2.03 bits per heavy atom. The standard InChI is InChI=1S/C18H20ClF5N4O/c1-3-12(5-4-6-19)28-14(7-11(2)8-18(22,23)24)26-16-15(17(28)29)25-10-27(16)9-13(20)21/h3-5,10-11,13H,6-9H2,1-2H3/b5-4-,12-3+. The molecule has 0 radical (unpaired) electrons. The number of rotatable bonds is 8. The highest BCUT2D eigenvalue weighted by Crippen LogP contribution is 2.27. The van der Waals surface area contributed by atoms with Crippen molar-refractivity contribution in [3.05, 3.63) is 40.7 Å². The van der Waals surface area contributed by atoms with Crippen LogP contribution < -0.4 is 5.56 Å². The maximum absolute atomic E-state index is 13.0. The Morgan fingerprint density at radius 3 is 2.59 bits per heavy atom. The first-order chi connectivity index (χ1) is 13.6. The molecular weight excluding hydrogens is 419 g/mol. The number of aromatic nitrogens is 4. The van der Waals surface area contributed by atoms with Crippen LogP contribution in [0.3, 0.4) is 0 Å².